The van der Waals surface area contributed by atoms with Gasteiger partial charge in [-0.15, -0.1) is 0 Å². The Morgan fingerprint density at radius 1 is 1.48 bits per heavy atom. The van der Waals surface area contributed by atoms with Crippen molar-refractivity contribution in [3.63, 3.8) is 0 Å². The predicted molar refractivity (Wildman–Crippen MR) is 84.0 cm³/mol. The van der Waals surface area contributed by atoms with E-state index in [-0.39, 0.29) is 18.0 Å². The highest BCUT2D eigenvalue weighted by Crippen LogP contribution is 2.33. The van der Waals surface area contributed by atoms with Gasteiger partial charge in [0.1, 0.15) is 5.52 Å². The number of imidazole rings is 1. The number of aliphatic hydroxyl groups excluding tert-OH is 1. The fourth-order valence-electron chi connectivity index (χ4n) is 3.11. The van der Waals surface area contributed by atoms with Crippen LogP contribution in [0.5, 0.6) is 0 Å². The first kappa shape index (κ1) is 14.0. The van der Waals surface area contributed by atoms with Gasteiger partial charge in [0.25, 0.3) is 5.91 Å². The van der Waals surface area contributed by atoms with E-state index in [1.165, 1.54) is 0 Å². The minimum atomic E-state index is -0.499. The Balaban J connectivity index is 1.56. The van der Waals surface area contributed by atoms with Crippen molar-refractivity contribution in [2.24, 2.45) is 0 Å². The molecule has 0 aliphatic heterocycles. The van der Waals surface area contributed by atoms with Crippen LogP contribution >= 0.6 is 0 Å². The molecule has 0 radical (unpaired) electrons. The molecule has 0 saturated heterocycles. The first-order valence-electron chi connectivity index (χ1n) is 7.55. The van der Waals surface area contributed by atoms with E-state index in [0.29, 0.717) is 17.5 Å². The second-order valence-corrected chi connectivity index (χ2v) is 5.98. The highest BCUT2D eigenvalue weighted by Gasteiger charge is 2.43. The maximum atomic E-state index is 12.6. The van der Waals surface area contributed by atoms with Crippen LogP contribution in [-0.4, -0.2) is 42.9 Å². The average molecular weight is 311 g/mol. The number of hydrogen-bond donors (Lipinski definition) is 3. The van der Waals surface area contributed by atoms with Gasteiger partial charge in [-0.25, -0.2) is 4.98 Å². The molecule has 1 aliphatic rings. The number of nitrogens with zero attached hydrogens (tertiary/aromatic N) is 3. The molecule has 1 aromatic carbocycles. The van der Waals surface area contributed by atoms with Crippen LogP contribution in [0.3, 0.4) is 0 Å². The Kier molecular flexibility index (Phi) is 3.16. The predicted octanol–water partition coefficient (Wildman–Crippen LogP) is 1.17. The molecular weight excluding hydrogens is 294 g/mol. The van der Waals surface area contributed by atoms with E-state index in [4.69, 9.17) is 0 Å². The summed E-state index contributed by atoms with van der Waals surface area (Å²) in [5.41, 5.74) is 3.03. The van der Waals surface area contributed by atoms with Gasteiger partial charge in [-0.1, -0.05) is 6.07 Å². The van der Waals surface area contributed by atoms with Gasteiger partial charge in [0.2, 0.25) is 0 Å². The van der Waals surface area contributed by atoms with Gasteiger partial charge < -0.3 is 15.4 Å². The molecule has 3 N–H and O–H groups in total. The standard InChI is InChI=1S/C16H17N5O2/c1-9-6-19-21(7-9)15-12(5-13(15)22)20-16(23)10-3-2-4-11-14(10)18-8-17-11/h2-4,6-8,12-13,15,22H,5H2,1H3,(H,17,18)(H,20,23)/t12-,13+,15+/m0/s1. The Labute approximate surface area is 132 Å². The number of H-pyrrole nitrogens is 1. The normalized spacial score (nSPS) is 23.7. The van der Waals surface area contributed by atoms with Crippen LogP contribution in [0, 0.1) is 6.92 Å². The molecule has 1 fully saturated rings. The number of aromatic nitrogens is 4. The van der Waals surface area contributed by atoms with Crippen molar-refractivity contribution in [3.05, 3.63) is 48.0 Å². The van der Waals surface area contributed by atoms with E-state index in [2.05, 4.69) is 20.4 Å². The highest BCUT2D eigenvalue weighted by molar-refractivity contribution is 6.04. The lowest BCUT2D eigenvalue weighted by Gasteiger charge is -2.41. The van der Waals surface area contributed by atoms with Crippen LogP contribution in [0.2, 0.25) is 0 Å². The zero-order valence-electron chi connectivity index (χ0n) is 12.6. The van der Waals surface area contributed by atoms with Gasteiger partial charge in [0.05, 0.1) is 41.8 Å². The largest absolute Gasteiger partial charge is 0.391 e. The number of fused-ring (bicyclic) bond motifs is 1. The van der Waals surface area contributed by atoms with E-state index < -0.39 is 6.10 Å². The van der Waals surface area contributed by atoms with Crippen LogP contribution in [0.15, 0.2) is 36.9 Å². The molecule has 7 heteroatoms. The number of benzene rings is 1. The number of aliphatic hydroxyl groups is 1. The van der Waals surface area contributed by atoms with Gasteiger partial charge in [0, 0.05) is 6.20 Å². The topological polar surface area (TPSA) is 95.8 Å². The molecule has 118 valence electrons. The summed E-state index contributed by atoms with van der Waals surface area (Å²) in [4.78, 5) is 19.8. The Hall–Kier alpha value is -2.67. The number of nitrogens with one attached hydrogen (secondary N) is 2. The van der Waals surface area contributed by atoms with Gasteiger partial charge in [-0.3, -0.25) is 9.48 Å². The zero-order valence-corrected chi connectivity index (χ0v) is 12.6. The van der Waals surface area contributed by atoms with Crippen molar-refractivity contribution in [1.82, 2.24) is 25.1 Å². The summed E-state index contributed by atoms with van der Waals surface area (Å²) in [5, 5.41) is 17.3. The van der Waals surface area contributed by atoms with Crippen LogP contribution in [-0.2, 0) is 0 Å². The van der Waals surface area contributed by atoms with Crippen LogP contribution in [0.25, 0.3) is 11.0 Å². The van der Waals surface area contributed by atoms with Crippen LogP contribution in [0.1, 0.15) is 28.4 Å². The van der Waals surface area contributed by atoms with Crippen LogP contribution < -0.4 is 5.32 Å². The van der Waals surface area contributed by atoms with Gasteiger partial charge in [0.15, 0.2) is 0 Å². The first-order chi connectivity index (χ1) is 11.1. The number of aryl methyl sites for hydroxylation is 1. The molecule has 0 bridgehead atoms. The molecule has 3 aromatic rings. The average Bonchev–Trinajstić information content (AvgIpc) is 3.14. The molecule has 4 rings (SSSR count). The van der Waals surface area contributed by atoms with Crippen molar-refractivity contribution >= 4 is 16.9 Å². The number of para-hydroxylation sites is 1. The lowest BCUT2D eigenvalue weighted by molar-refractivity contribution is -0.00587. The van der Waals surface area contributed by atoms with E-state index in [1.54, 1.807) is 23.3 Å². The van der Waals surface area contributed by atoms with Crippen molar-refractivity contribution < 1.29 is 9.90 Å². The molecule has 23 heavy (non-hydrogen) atoms. The molecule has 3 atom stereocenters. The number of aromatic amines is 1. The maximum Gasteiger partial charge on any atom is 0.253 e. The lowest BCUT2D eigenvalue weighted by Crippen LogP contribution is -2.56. The molecule has 1 amide bonds. The Morgan fingerprint density at radius 3 is 3.09 bits per heavy atom. The molecule has 7 nitrogen and oxygen atoms in total. The SMILES string of the molecule is Cc1cnn([C@H]2[C@H](O)C[C@@H]2NC(=O)c2cccc3[nH]cnc23)c1. The fraction of sp³-hybridized carbons (Fsp3) is 0.312. The summed E-state index contributed by atoms with van der Waals surface area (Å²) in [7, 11) is 0. The summed E-state index contributed by atoms with van der Waals surface area (Å²) in [6, 6.07) is 5.07. The summed E-state index contributed by atoms with van der Waals surface area (Å²) < 4.78 is 1.73. The van der Waals surface area contributed by atoms with E-state index in [0.717, 1.165) is 11.1 Å². The minimum absolute atomic E-state index is 0.147. The number of carbonyl (C=O) groups is 1. The summed E-state index contributed by atoms with van der Waals surface area (Å²) in [6.45, 7) is 1.94. The summed E-state index contributed by atoms with van der Waals surface area (Å²) in [5.74, 6) is -0.187. The van der Waals surface area contributed by atoms with E-state index in [1.807, 2.05) is 25.3 Å². The van der Waals surface area contributed by atoms with E-state index >= 15 is 0 Å². The second kappa shape index (κ2) is 5.20. The van der Waals surface area contributed by atoms with E-state index in [9.17, 15) is 9.90 Å². The molecule has 2 aromatic heterocycles. The highest BCUT2D eigenvalue weighted by atomic mass is 16.3. The Morgan fingerprint density at radius 2 is 2.35 bits per heavy atom. The number of hydrogen-bond acceptors (Lipinski definition) is 4. The van der Waals surface area contributed by atoms with Crippen molar-refractivity contribution in [2.45, 2.75) is 31.5 Å². The smallest absolute Gasteiger partial charge is 0.253 e. The monoisotopic (exact) mass is 311 g/mol. The quantitative estimate of drug-likeness (QED) is 0.676. The van der Waals surface area contributed by atoms with Crippen molar-refractivity contribution in [1.29, 1.82) is 0 Å². The molecular formula is C16H17N5O2. The lowest BCUT2D eigenvalue weighted by atomic mass is 9.83. The first-order valence-corrected chi connectivity index (χ1v) is 7.55. The third-order valence-electron chi connectivity index (χ3n) is 4.35. The van der Waals surface area contributed by atoms with Gasteiger partial charge in [-0.2, -0.15) is 5.10 Å². The summed E-state index contributed by atoms with van der Waals surface area (Å²) in [6.07, 6.45) is 5.21. The fourth-order valence-corrected chi connectivity index (χ4v) is 3.11. The molecule has 1 aliphatic carbocycles. The second-order valence-electron chi connectivity index (χ2n) is 5.98. The van der Waals surface area contributed by atoms with Gasteiger partial charge in [-0.05, 0) is 31.0 Å². The number of amides is 1. The molecule has 0 spiro atoms. The van der Waals surface area contributed by atoms with Crippen molar-refractivity contribution in [3.8, 4) is 0 Å². The number of carbonyl (C=O) groups excluding carboxylic acids is 1. The van der Waals surface area contributed by atoms with Gasteiger partial charge >= 0.3 is 0 Å². The zero-order chi connectivity index (χ0) is 16.0. The molecule has 2 heterocycles. The third kappa shape index (κ3) is 2.29. The minimum Gasteiger partial charge on any atom is -0.391 e. The van der Waals surface area contributed by atoms with Crippen LogP contribution in [0.4, 0.5) is 0 Å². The molecule has 0 unspecified atom stereocenters. The maximum absolute atomic E-state index is 12.6. The number of rotatable bonds is 3. The third-order valence-corrected chi connectivity index (χ3v) is 4.35. The Bertz CT molecular complexity index is 868. The molecule has 1 saturated carbocycles. The van der Waals surface area contributed by atoms with Crippen molar-refractivity contribution in [2.75, 3.05) is 0 Å². The summed E-state index contributed by atoms with van der Waals surface area (Å²) >= 11 is 0.